The normalized spacial score (nSPS) is 14.6. The van der Waals surface area contributed by atoms with Crippen molar-refractivity contribution in [3.63, 3.8) is 0 Å². The number of nitrogen functional groups attached to an aromatic ring is 1. The molecule has 7 rings (SSSR count). The molecule has 9 N–H and O–H groups in total. The van der Waals surface area contributed by atoms with E-state index in [0.717, 1.165) is 84.0 Å². The molecule has 24 nitrogen and oxygen atoms in total. The van der Waals surface area contributed by atoms with Crippen LogP contribution >= 0.6 is 11.3 Å². The van der Waals surface area contributed by atoms with Crippen LogP contribution in [-0.4, -0.2) is 175 Å². The van der Waals surface area contributed by atoms with Crippen molar-refractivity contribution in [2.24, 2.45) is 11.7 Å². The average Bonchev–Trinajstić information content (AvgIpc) is 4.04. The number of hydrogen-bond donors (Lipinski definition) is 7. The number of nitrogens with zero attached hydrogens (tertiary/aromatic N) is 6. The van der Waals surface area contributed by atoms with Gasteiger partial charge in [0, 0.05) is 89.6 Å². The van der Waals surface area contributed by atoms with E-state index in [1.165, 1.54) is 23.3 Å². The Kier molecular flexibility index (Phi) is 24.6. The number of primary amides is 1. The van der Waals surface area contributed by atoms with Gasteiger partial charge >= 0.3 is 12.1 Å². The minimum atomic E-state index is -1.04. The first-order chi connectivity index (χ1) is 40.1. The summed E-state index contributed by atoms with van der Waals surface area (Å²) in [5, 5.41) is 15.7. The lowest BCUT2D eigenvalue weighted by atomic mass is 10.0. The third-order valence-corrected chi connectivity index (χ3v) is 15.0. The number of ether oxygens (including phenoxy) is 4. The second kappa shape index (κ2) is 32.3. The molecule has 1 fully saturated rings. The van der Waals surface area contributed by atoms with Crippen molar-refractivity contribution in [2.75, 3.05) is 103 Å². The molecule has 5 heterocycles. The molecule has 2 aromatic carbocycles. The van der Waals surface area contributed by atoms with Crippen LogP contribution in [0.4, 0.5) is 21.1 Å². The number of anilines is 2. The van der Waals surface area contributed by atoms with E-state index < -0.39 is 41.9 Å². The van der Waals surface area contributed by atoms with Gasteiger partial charge in [0.1, 0.15) is 30.0 Å². The minimum Gasteiger partial charge on any atom is -0.445 e. The van der Waals surface area contributed by atoms with Crippen molar-refractivity contribution in [2.45, 2.75) is 91.1 Å². The number of pyridine rings is 1. The highest BCUT2D eigenvalue weighted by Crippen LogP contribution is 2.33. The number of nitrogens with one attached hydrogen (secondary N) is 5. The van der Waals surface area contributed by atoms with Crippen LogP contribution in [0.2, 0.25) is 0 Å². The van der Waals surface area contributed by atoms with Crippen molar-refractivity contribution in [3.8, 4) is 0 Å². The summed E-state index contributed by atoms with van der Waals surface area (Å²) in [6, 6.07) is 14.9. The van der Waals surface area contributed by atoms with Crippen LogP contribution in [0.5, 0.6) is 0 Å². The summed E-state index contributed by atoms with van der Waals surface area (Å²) in [6.07, 6.45) is 5.33. The number of thiophene rings is 1. The van der Waals surface area contributed by atoms with Crippen LogP contribution in [-0.2, 0) is 69.0 Å². The fourth-order valence-corrected chi connectivity index (χ4v) is 10.4. The monoisotopic (exact) mass is 1170 g/mol. The van der Waals surface area contributed by atoms with Gasteiger partial charge in [0.25, 0.3) is 11.8 Å². The van der Waals surface area contributed by atoms with Crippen molar-refractivity contribution in [1.29, 1.82) is 0 Å². The summed E-state index contributed by atoms with van der Waals surface area (Å²) < 4.78 is 25.3. The van der Waals surface area contributed by atoms with E-state index in [9.17, 15) is 33.6 Å². The van der Waals surface area contributed by atoms with E-state index in [1.807, 2.05) is 6.07 Å². The van der Waals surface area contributed by atoms with E-state index in [1.54, 1.807) is 49.4 Å². The number of benzene rings is 2. The van der Waals surface area contributed by atoms with Crippen LogP contribution in [0.25, 0.3) is 21.3 Å². The average molecular weight is 1170 g/mol. The maximum Gasteiger partial charge on any atom is 0.407 e. The molecule has 83 heavy (non-hydrogen) atoms. The first-order valence-electron chi connectivity index (χ1n) is 28.4. The molecule has 0 radical (unpaired) electrons. The number of alkyl carbamates (subject to hydrolysis) is 1. The number of aromatic nitrogens is 3. The van der Waals surface area contributed by atoms with Gasteiger partial charge in [0.05, 0.1) is 61.9 Å². The lowest BCUT2D eigenvalue weighted by Crippen LogP contribution is -2.54. The Morgan fingerprint density at radius 1 is 0.723 bits per heavy atom. The molecule has 2 aliphatic rings. The second-order valence-electron chi connectivity index (χ2n) is 20.7. The van der Waals surface area contributed by atoms with Gasteiger partial charge < -0.3 is 61.6 Å². The molecule has 5 aromatic rings. The zero-order valence-corrected chi connectivity index (χ0v) is 48.5. The van der Waals surface area contributed by atoms with E-state index in [4.69, 9.17) is 35.4 Å². The molecule has 448 valence electrons. The second-order valence-corrected chi connectivity index (χ2v) is 21.6. The number of carbonyl (C=O) groups excluding carboxylic acids is 7. The Morgan fingerprint density at radius 3 is 2.05 bits per heavy atom. The van der Waals surface area contributed by atoms with Gasteiger partial charge in [-0.2, -0.15) is 0 Å². The molecular weight excluding hydrogens is 1090 g/mol. The lowest BCUT2D eigenvalue weighted by molar-refractivity contribution is -0.137. The van der Waals surface area contributed by atoms with Gasteiger partial charge in [-0.05, 0) is 65.4 Å². The highest BCUT2D eigenvalue weighted by atomic mass is 32.1. The van der Waals surface area contributed by atoms with E-state index in [-0.39, 0.29) is 89.9 Å². The molecule has 2 aliphatic heterocycles. The fourth-order valence-electron chi connectivity index (χ4n) is 9.49. The summed E-state index contributed by atoms with van der Waals surface area (Å²) >= 11 is 1.67. The van der Waals surface area contributed by atoms with Gasteiger partial charge in [-0.3, -0.25) is 38.7 Å². The van der Waals surface area contributed by atoms with Crippen LogP contribution < -0.4 is 38.1 Å². The van der Waals surface area contributed by atoms with E-state index >= 15 is 0 Å². The molecular formula is C58H79N13O11S. The predicted octanol–water partition coefficient (Wildman–Crippen LogP) is 4.04. The molecule has 0 bridgehead atoms. The number of fused-ring (bicyclic) bond motifs is 3. The highest BCUT2D eigenvalue weighted by Gasteiger charge is 2.29. The van der Waals surface area contributed by atoms with Gasteiger partial charge in [-0.1, -0.05) is 63.6 Å². The Morgan fingerprint density at radius 2 is 1.37 bits per heavy atom. The minimum absolute atomic E-state index is 0.00595. The van der Waals surface area contributed by atoms with Crippen molar-refractivity contribution in [1.82, 2.24) is 50.5 Å². The van der Waals surface area contributed by atoms with Crippen molar-refractivity contribution in [3.05, 3.63) is 94.6 Å². The molecule has 1 saturated heterocycles. The number of aryl methyl sites for hydroxylation is 1. The SMILES string of the molecule is CCCCc1nc2c(N)nc3ccsc3c2n1Cc1ccc(CN2CCN(CCNC(=O)OCc3ccc(NC(=O)[C@H](CCCNC(N)=O)NC(=O)[C@@H](NC(=O)CCOCCOCCOCCN4C(=O)C=CC4=O)C(C)C)cc3)CC2)cc1. The number of unbranched alkanes of at least 4 members (excludes halogenated alkanes) is 1. The van der Waals surface area contributed by atoms with Gasteiger partial charge in [-0.25, -0.2) is 19.6 Å². The summed E-state index contributed by atoms with van der Waals surface area (Å²) in [6.45, 7) is 13.6. The van der Waals surface area contributed by atoms with Crippen LogP contribution in [0.3, 0.4) is 0 Å². The molecule has 0 spiro atoms. The van der Waals surface area contributed by atoms with Crippen LogP contribution in [0, 0.1) is 5.92 Å². The summed E-state index contributed by atoms with van der Waals surface area (Å²) in [5.41, 5.74) is 18.0. The first kappa shape index (κ1) is 63.0. The maximum absolute atomic E-state index is 13.6. The third kappa shape index (κ3) is 19.5. The van der Waals surface area contributed by atoms with Crippen LogP contribution in [0.15, 0.2) is 72.1 Å². The Labute approximate surface area is 487 Å². The summed E-state index contributed by atoms with van der Waals surface area (Å²) in [4.78, 5) is 103. The van der Waals surface area contributed by atoms with E-state index in [2.05, 4.69) is 82.5 Å². The Bertz CT molecular complexity index is 2980. The molecule has 25 heteroatoms. The Hall–Kier alpha value is -7.55. The molecule has 2 atom stereocenters. The zero-order valence-electron chi connectivity index (χ0n) is 47.7. The smallest absolute Gasteiger partial charge is 0.407 e. The number of imidazole rings is 1. The summed E-state index contributed by atoms with van der Waals surface area (Å²) in [5.74, 6) is -1.07. The Balaban J connectivity index is 0.769. The molecule has 0 aliphatic carbocycles. The number of rotatable bonds is 34. The number of amides is 8. The summed E-state index contributed by atoms with van der Waals surface area (Å²) in [7, 11) is 0. The van der Waals surface area contributed by atoms with Gasteiger partial charge in [-0.15, -0.1) is 11.3 Å². The number of piperazine rings is 1. The third-order valence-electron chi connectivity index (χ3n) is 14.1. The molecule has 3 aromatic heterocycles. The van der Waals surface area contributed by atoms with Gasteiger partial charge in [0.15, 0.2) is 5.82 Å². The number of imide groups is 1. The maximum atomic E-state index is 13.6. The highest BCUT2D eigenvalue weighted by molar-refractivity contribution is 7.18. The molecule has 8 amide bonds. The number of hydrogen-bond acceptors (Lipinski definition) is 17. The quantitative estimate of drug-likeness (QED) is 0.0226. The lowest BCUT2D eigenvalue weighted by Gasteiger charge is -2.34. The number of urea groups is 1. The van der Waals surface area contributed by atoms with Crippen molar-refractivity contribution < 1.29 is 52.5 Å². The molecule has 0 unspecified atom stereocenters. The van der Waals surface area contributed by atoms with E-state index in [0.29, 0.717) is 43.1 Å². The topological polar surface area (TPSA) is 309 Å². The number of carbonyl (C=O) groups is 7. The first-order valence-corrected chi connectivity index (χ1v) is 29.3. The standard InChI is InChI=1S/C58H79N13O11S/c1-4-5-8-46-66-51-52(53-44(20-35-83-53)64-54(51)59)71(46)37-41-11-9-40(10-12-41)36-69-26-24-68(25-27-69)23-22-62-58(78)82-38-42-13-15-43(16-14-42)63-55(75)45(7-6-21-61-57(60)77)65-56(76)50(39(2)3)67-47(72)19-29-79-31-33-81-34-32-80-30-28-70-48(73)17-18-49(70)74/h9-18,20,35,39,45,50H,4-8,19,21-34,36-38H2,1-3H3,(H2,59,64)(H,62,78)(H,63,75)(H,65,76)(H,67,72)(H3,60,61,77)/t45-,50-/m0/s1. The zero-order chi connectivity index (χ0) is 59.1. The predicted molar refractivity (Wildman–Crippen MR) is 315 cm³/mol. The van der Waals surface area contributed by atoms with Gasteiger partial charge in [0.2, 0.25) is 17.7 Å². The number of nitrogens with two attached hydrogens (primary N) is 2. The largest absolute Gasteiger partial charge is 0.445 e. The fraction of sp³-hybridized carbons (Fsp3) is 0.500. The van der Waals surface area contributed by atoms with Crippen LogP contribution in [0.1, 0.15) is 75.4 Å². The molecule has 0 saturated carbocycles. The van der Waals surface area contributed by atoms with Crippen molar-refractivity contribution >= 4 is 85.8 Å².